The topological polar surface area (TPSA) is 29.1 Å². The Balaban J connectivity index is 2.07. The maximum Gasteiger partial charge on any atom is 0.228 e. The molecule has 0 saturated heterocycles. The van der Waals surface area contributed by atoms with Crippen LogP contribution in [0.3, 0.4) is 0 Å². The predicted octanol–water partition coefficient (Wildman–Crippen LogP) is 4.44. The maximum atomic E-state index is 12.7. The van der Waals surface area contributed by atoms with Gasteiger partial charge in [-0.05, 0) is 24.0 Å². The van der Waals surface area contributed by atoms with Crippen molar-refractivity contribution in [3.63, 3.8) is 0 Å². The summed E-state index contributed by atoms with van der Waals surface area (Å²) in [7, 11) is 0. The molecule has 1 amide bonds. The van der Waals surface area contributed by atoms with Gasteiger partial charge in [-0.1, -0.05) is 80.4 Å². The van der Waals surface area contributed by atoms with E-state index in [1.165, 1.54) is 5.56 Å². The molecule has 2 aromatic carbocycles. The Morgan fingerprint density at radius 1 is 1.05 bits per heavy atom. The fourth-order valence-electron chi connectivity index (χ4n) is 2.64. The zero-order chi connectivity index (χ0) is 15.9. The summed E-state index contributed by atoms with van der Waals surface area (Å²) in [6.07, 6.45) is 0.984. The summed E-state index contributed by atoms with van der Waals surface area (Å²) in [5.74, 6) is 0.346. The van der Waals surface area contributed by atoms with Crippen LogP contribution in [0.5, 0.6) is 0 Å². The lowest BCUT2D eigenvalue weighted by Gasteiger charge is -2.23. The van der Waals surface area contributed by atoms with Crippen LogP contribution >= 0.6 is 0 Å². The molecule has 0 fully saturated rings. The number of carbonyl (C=O) groups excluding carboxylic acids is 1. The summed E-state index contributed by atoms with van der Waals surface area (Å²) in [6.45, 7) is 6.92. The molecule has 0 radical (unpaired) electrons. The van der Waals surface area contributed by atoms with Crippen LogP contribution < -0.4 is 5.32 Å². The zero-order valence-corrected chi connectivity index (χ0v) is 13.7. The van der Waals surface area contributed by atoms with Gasteiger partial charge in [0.05, 0.1) is 5.92 Å². The molecule has 0 spiro atoms. The summed E-state index contributed by atoms with van der Waals surface area (Å²) in [5, 5.41) is 3.09. The van der Waals surface area contributed by atoms with Crippen molar-refractivity contribution in [2.24, 2.45) is 5.92 Å². The van der Waals surface area contributed by atoms with Crippen LogP contribution in [-0.4, -0.2) is 5.91 Å². The van der Waals surface area contributed by atoms with Gasteiger partial charge < -0.3 is 5.32 Å². The molecule has 0 aliphatic rings. The standard InChI is InChI=1S/C20H25NO/c1-4-16(3)19(18-8-6-5-7-9-18)20(22)21-14-17-12-10-15(2)11-13-17/h5-13,16,19H,4,14H2,1-3H3,(H,21,22)/t16-,19-/m1/s1. The number of benzene rings is 2. The van der Waals surface area contributed by atoms with Gasteiger partial charge in [0.1, 0.15) is 0 Å². The van der Waals surface area contributed by atoms with E-state index in [1.54, 1.807) is 0 Å². The molecule has 2 atom stereocenters. The number of hydrogen-bond donors (Lipinski definition) is 1. The maximum absolute atomic E-state index is 12.7. The largest absolute Gasteiger partial charge is 0.351 e. The SMILES string of the molecule is CC[C@@H](C)[C@@H](C(=O)NCc1ccc(C)cc1)c1ccccc1. The van der Waals surface area contributed by atoms with Gasteiger partial charge in [-0.25, -0.2) is 0 Å². The van der Waals surface area contributed by atoms with E-state index < -0.39 is 0 Å². The van der Waals surface area contributed by atoms with Crippen molar-refractivity contribution in [3.8, 4) is 0 Å². The first kappa shape index (κ1) is 16.3. The molecule has 2 nitrogen and oxygen atoms in total. The molecular formula is C20H25NO. The van der Waals surface area contributed by atoms with Crippen molar-refractivity contribution in [2.45, 2.75) is 39.7 Å². The van der Waals surface area contributed by atoms with Crippen molar-refractivity contribution in [1.29, 1.82) is 0 Å². The van der Waals surface area contributed by atoms with Crippen LogP contribution in [0.1, 0.15) is 42.9 Å². The lowest BCUT2D eigenvalue weighted by molar-refractivity contribution is -0.123. The molecule has 0 saturated carbocycles. The molecule has 0 bridgehead atoms. The Morgan fingerprint density at radius 3 is 2.27 bits per heavy atom. The quantitative estimate of drug-likeness (QED) is 0.838. The van der Waals surface area contributed by atoms with E-state index in [9.17, 15) is 4.79 Å². The second-order valence-electron chi connectivity index (χ2n) is 5.98. The molecule has 0 unspecified atom stereocenters. The highest BCUT2D eigenvalue weighted by molar-refractivity contribution is 5.83. The Hall–Kier alpha value is -2.09. The summed E-state index contributed by atoms with van der Waals surface area (Å²) in [4.78, 5) is 12.7. The van der Waals surface area contributed by atoms with Gasteiger partial charge in [0.2, 0.25) is 5.91 Å². The Bertz CT molecular complexity index is 589. The third-order valence-corrected chi connectivity index (χ3v) is 4.24. The molecule has 0 aromatic heterocycles. The highest BCUT2D eigenvalue weighted by Gasteiger charge is 2.25. The monoisotopic (exact) mass is 295 g/mol. The first-order valence-electron chi connectivity index (χ1n) is 8.00. The summed E-state index contributed by atoms with van der Waals surface area (Å²) >= 11 is 0. The van der Waals surface area contributed by atoms with Crippen LogP contribution in [0, 0.1) is 12.8 Å². The van der Waals surface area contributed by atoms with Gasteiger partial charge >= 0.3 is 0 Å². The smallest absolute Gasteiger partial charge is 0.228 e. The number of rotatable bonds is 6. The van der Waals surface area contributed by atoms with Crippen molar-refractivity contribution in [3.05, 3.63) is 71.3 Å². The molecule has 0 heterocycles. The van der Waals surface area contributed by atoms with E-state index in [0.29, 0.717) is 12.5 Å². The normalized spacial score (nSPS) is 13.4. The molecule has 22 heavy (non-hydrogen) atoms. The molecule has 116 valence electrons. The van der Waals surface area contributed by atoms with Crippen LogP contribution in [0.15, 0.2) is 54.6 Å². The minimum atomic E-state index is -0.0864. The number of nitrogens with one attached hydrogen (secondary N) is 1. The van der Waals surface area contributed by atoms with E-state index in [-0.39, 0.29) is 11.8 Å². The number of carbonyl (C=O) groups is 1. The van der Waals surface area contributed by atoms with E-state index in [1.807, 2.05) is 30.3 Å². The van der Waals surface area contributed by atoms with Gasteiger partial charge in [-0.3, -0.25) is 4.79 Å². The van der Waals surface area contributed by atoms with Gasteiger partial charge in [0, 0.05) is 6.54 Å². The molecule has 2 heteroatoms. The Labute approximate surface area is 133 Å². The third kappa shape index (κ3) is 4.20. The fraction of sp³-hybridized carbons (Fsp3) is 0.350. The summed E-state index contributed by atoms with van der Waals surface area (Å²) < 4.78 is 0. The number of aryl methyl sites for hydroxylation is 1. The van der Waals surface area contributed by atoms with Crippen molar-refractivity contribution >= 4 is 5.91 Å². The van der Waals surface area contributed by atoms with Crippen LogP contribution in [0.2, 0.25) is 0 Å². The molecule has 2 rings (SSSR count). The van der Waals surface area contributed by atoms with E-state index >= 15 is 0 Å². The second kappa shape index (κ2) is 7.79. The first-order chi connectivity index (χ1) is 10.6. The summed E-state index contributed by atoms with van der Waals surface area (Å²) in [5.41, 5.74) is 3.46. The predicted molar refractivity (Wildman–Crippen MR) is 91.7 cm³/mol. The summed E-state index contributed by atoms with van der Waals surface area (Å²) in [6, 6.07) is 18.4. The van der Waals surface area contributed by atoms with Crippen molar-refractivity contribution in [1.82, 2.24) is 5.32 Å². The second-order valence-corrected chi connectivity index (χ2v) is 5.98. The average molecular weight is 295 g/mol. The van der Waals surface area contributed by atoms with Gasteiger partial charge in [-0.15, -0.1) is 0 Å². The van der Waals surface area contributed by atoms with Crippen molar-refractivity contribution in [2.75, 3.05) is 0 Å². The number of amides is 1. The van der Waals surface area contributed by atoms with Crippen molar-refractivity contribution < 1.29 is 4.79 Å². The zero-order valence-electron chi connectivity index (χ0n) is 13.7. The molecular weight excluding hydrogens is 270 g/mol. The molecule has 0 aliphatic carbocycles. The Kier molecular flexibility index (Phi) is 5.76. The highest BCUT2D eigenvalue weighted by Crippen LogP contribution is 2.27. The highest BCUT2D eigenvalue weighted by atomic mass is 16.1. The molecule has 2 aromatic rings. The molecule has 0 aliphatic heterocycles. The van der Waals surface area contributed by atoms with Crippen LogP contribution in [-0.2, 0) is 11.3 Å². The minimum Gasteiger partial charge on any atom is -0.351 e. The van der Waals surface area contributed by atoms with E-state index in [0.717, 1.165) is 17.5 Å². The van der Waals surface area contributed by atoms with E-state index in [4.69, 9.17) is 0 Å². The average Bonchev–Trinajstić information content (AvgIpc) is 2.55. The van der Waals surface area contributed by atoms with Gasteiger partial charge in [0.25, 0.3) is 0 Å². The third-order valence-electron chi connectivity index (χ3n) is 4.24. The van der Waals surface area contributed by atoms with Crippen LogP contribution in [0.4, 0.5) is 0 Å². The minimum absolute atomic E-state index is 0.0864. The molecule has 1 N–H and O–H groups in total. The van der Waals surface area contributed by atoms with Gasteiger partial charge in [0.15, 0.2) is 0 Å². The first-order valence-corrected chi connectivity index (χ1v) is 8.00. The van der Waals surface area contributed by atoms with E-state index in [2.05, 4.69) is 50.4 Å². The van der Waals surface area contributed by atoms with Crippen LogP contribution in [0.25, 0.3) is 0 Å². The fourth-order valence-corrected chi connectivity index (χ4v) is 2.64. The number of hydrogen-bond acceptors (Lipinski definition) is 1. The Morgan fingerprint density at radius 2 is 1.68 bits per heavy atom. The lowest BCUT2D eigenvalue weighted by Crippen LogP contribution is -2.32. The van der Waals surface area contributed by atoms with Gasteiger partial charge in [-0.2, -0.15) is 0 Å². The lowest BCUT2D eigenvalue weighted by atomic mass is 9.85.